The quantitative estimate of drug-likeness (QED) is 0.578. The summed E-state index contributed by atoms with van der Waals surface area (Å²) in [6.07, 6.45) is 6.23. The molecule has 2 amide bonds. The van der Waals surface area contributed by atoms with Crippen LogP contribution < -0.4 is 5.32 Å². The molecular weight excluding hydrogens is 442 g/mol. The Balaban J connectivity index is 1.01. The molecule has 7 heteroatoms. The summed E-state index contributed by atoms with van der Waals surface area (Å²) in [5.74, 6) is 1.69. The van der Waals surface area contributed by atoms with Crippen LogP contribution in [0.25, 0.3) is 0 Å². The van der Waals surface area contributed by atoms with Crippen molar-refractivity contribution < 1.29 is 19.1 Å². The second-order valence-electron chi connectivity index (χ2n) is 11.4. The Hall–Kier alpha value is -2.41. The fraction of sp³-hybridized carbons (Fsp3) is 0.679. The van der Waals surface area contributed by atoms with Crippen molar-refractivity contribution in [3.8, 4) is 0 Å². The van der Waals surface area contributed by atoms with Crippen molar-refractivity contribution in [3.63, 3.8) is 0 Å². The largest absolute Gasteiger partial charge is 0.452 e. The Bertz CT molecular complexity index is 890. The lowest BCUT2D eigenvalue weighted by atomic mass is 9.49. The fourth-order valence-corrected chi connectivity index (χ4v) is 7.39. The van der Waals surface area contributed by atoms with Crippen LogP contribution in [-0.2, 0) is 25.7 Å². The van der Waals surface area contributed by atoms with E-state index in [0.717, 1.165) is 38.9 Å². The van der Waals surface area contributed by atoms with E-state index in [0.29, 0.717) is 30.8 Å². The molecule has 6 rings (SSSR count). The molecule has 35 heavy (non-hydrogen) atoms. The predicted octanol–water partition coefficient (Wildman–Crippen LogP) is 2.99. The van der Waals surface area contributed by atoms with E-state index >= 15 is 0 Å². The first kappa shape index (κ1) is 24.3. The number of benzene rings is 1. The third-order valence-corrected chi connectivity index (χ3v) is 8.72. The number of nitrogens with zero attached hydrogens (tertiary/aromatic N) is 2. The summed E-state index contributed by atoms with van der Waals surface area (Å²) in [6, 6.07) is 10.3. The Labute approximate surface area is 208 Å². The highest BCUT2D eigenvalue weighted by Crippen LogP contribution is 2.60. The van der Waals surface area contributed by atoms with Gasteiger partial charge in [0, 0.05) is 44.7 Å². The maximum absolute atomic E-state index is 13.0. The van der Waals surface area contributed by atoms with E-state index in [1.165, 1.54) is 24.8 Å². The molecule has 4 bridgehead atoms. The molecule has 1 N–H and O–H groups in total. The van der Waals surface area contributed by atoms with Gasteiger partial charge in [-0.3, -0.25) is 19.3 Å². The monoisotopic (exact) mass is 481 g/mol. The number of carbonyl (C=O) groups is 3. The highest BCUT2D eigenvalue weighted by Gasteiger charge is 2.54. The topological polar surface area (TPSA) is 78.9 Å². The first-order valence-electron chi connectivity index (χ1n) is 13.4. The van der Waals surface area contributed by atoms with Crippen LogP contribution in [0, 0.1) is 23.2 Å². The summed E-state index contributed by atoms with van der Waals surface area (Å²) in [4.78, 5) is 42.3. The van der Waals surface area contributed by atoms with Gasteiger partial charge in [0.05, 0.1) is 6.42 Å². The van der Waals surface area contributed by atoms with Gasteiger partial charge in [-0.15, -0.1) is 0 Å². The van der Waals surface area contributed by atoms with Crippen molar-refractivity contribution in [2.45, 2.75) is 64.5 Å². The van der Waals surface area contributed by atoms with Crippen molar-refractivity contribution in [1.29, 1.82) is 0 Å². The number of rotatable bonds is 8. The zero-order valence-electron chi connectivity index (χ0n) is 20.9. The van der Waals surface area contributed by atoms with Crippen LogP contribution in [0.4, 0.5) is 0 Å². The molecule has 1 heterocycles. The minimum Gasteiger partial charge on any atom is -0.452 e. The summed E-state index contributed by atoms with van der Waals surface area (Å²) in [5, 5.41) is 3.02. The summed E-state index contributed by atoms with van der Waals surface area (Å²) >= 11 is 0. The molecule has 5 aliphatic rings. The van der Waals surface area contributed by atoms with Gasteiger partial charge in [-0.2, -0.15) is 0 Å². The van der Waals surface area contributed by atoms with E-state index < -0.39 is 12.1 Å². The maximum Gasteiger partial charge on any atom is 0.308 e. The van der Waals surface area contributed by atoms with Crippen LogP contribution in [0.15, 0.2) is 30.3 Å². The lowest BCUT2D eigenvalue weighted by molar-refractivity contribution is -0.160. The van der Waals surface area contributed by atoms with E-state index in [1.807, 2.05) is 18.2 Å². The predicted molar refractivity (Wildman–Crippen MR) is 132 cm³/mol. The molecule has 190 valence electrons. The molecule has 0 aromatic heterocycles. The van der Waals surface area contributed by atoms with Crippen molar-refractivity contribution in [1.82, 2.24) is 15.1 Å². The third kappa shape index (κ3) is 5.55. The Morgan fingerprint density at radius 2 is 1.57 bits per heavy atom. The minimum absolute atomic E-state index is 0.0978. The van der Waals surface area contributed by atoms with Gasteiger partial charge in [0.25, 0.3) is 5.91 Å². The van der Waals surface area contributed by atoms with Crippen LogP contribution in [-0.4, -0.2) is 66.4 Å². The number of carbonyl (C=O) groups excluding carboxylic acids is 3. The van der Waals surface area contributed by atoms with E-state index in [1.54, 1.807) is 11.8 Å². The number of hydrogen-bond acceptors (Lipinski definition) is 5. The van der Waals surface area contributed by atoms with Gasteiger partial charge in [0.2, 0.25) is 5.91 Å². The van der Waals surface area contributed by atoms with Crippen molar-refractivity contribution in [2.24, 2.45) is 23.2 Å². The average molecular weight is 482 g/mol. The average Bonchev–Trinajstić information content (AvgIpc) is 2.84. The van der Waals surface area contributed by atoms with Crippen molar-refractivity contribution in [3.05, 3.63) is 35.9 Å². The molecule has 0 radical (unpaired) electrons. The molecule has 1 atom stereocenters. The molecule has 1 aliphatic heterocycles. The van der Waals surface area contributed by atoms with E-state index in [4.69, 9.17) is 4.74 Å². The van der Waals surface area contributed by atoms with Gasteiger partial charge < -0.3 is 15.0 Å². The summed E-state index contributed by atoms with van der Waals surface area (Å²) < 4.78 is 5.42. The van der Waals surface area contributed by atoms with Gasteiger partial charge in [-0.1, -0.05) is 30.3 Å². The van der Waals surface area contributed by atoms with Crippen molar-refractivity contribution in [2.75, 3.05) is 32.7 Å². The fourth-order valence-electron chi connectivity index (χ4n) is 7.39. The summed E-state index contributed by atoms with van der Waals surface area (Å²) in [5.41, 5.74) is 1.06. The molecule has 7 nitrogen and oxygen atoms in total. The lowest BCUT2D eigenvalue weighted by Crippen LogP contribution is -2.53. The van der Waals surface area contributed by atoms with Gasteiger partial charge >= 0.3 is 5.97 Å². The standard InChI is InChI=1S/C28H39N3O4/c1-20(26(33)31-11-9-30(10-12-31)19-21-5-3-2-4-6-21)35-25(32)7-8-29-27(34)28-16-22-13-23(17-28)15-24(14-22)18-28/h2-6,20,22-24H,7-19H2,1H3,(H,29,34). The minimum atomic E-state index is -0.804. The molecule has 1 saturated heterocycles. The van der Waals surface area contributed by atoms with Crippen LogP contribution >= 0.6 is 0 Å². The van der Waals surface area contributed by atoms with Gasteiger partial charge in [-0.25, -0.2) is 0 Å². The first-order chi connectivity index (χ1) is 16.9. The van der Waals surface area contributed by atoms with E-state index in [-0.39, 0.29) is 30.2 Å². The smallest absolute Gasteiger partial charge is 0.308 e. The molecule has 1 aromatic carbocycles. The Kier molecular flexibility index (Phi) is 7.14. The van der Waals surface area contributed by atoms with E-state index in [2.05, 4.69) is 22.3 Å². The molecular formula is C28H39N3O4. The molecule has 0 spiro atoms. The van der Waals surface area contributed by atoms with Gasteiger partial charge in [-0.05, 0) is 68.8 Å². The molecule has 5 fully saturated rings. The van der Waals surface area contributed by atoms with Crippen LogP contribution in [0.1, 0.15) is 57.4 Å². The molecule has 4 saturated carbocycles. The van der Waals surface area contributed by atoms with E-state index in [9.17, 15) is 14.4 Å². The Morgan fingerprint density at radius 1 is 0.971 bits per heavy atom. The lowest BCUT2D eigenvalue weighted by Gasteiger charge is -2.55. The number of ether oxygens (including phenoxy) is 1. The van der Waals surface area contributed by atoms with Crippen molar-refractivity contribution >= 4 is 17.8 Å². The highest BCUT2D eigenvalue weighted by atomic mass is 16.5. The van der Waals surface area contributed by atoms with Gasteiger partial charge in [0.1, 0.15) is 0 Å². The summed E-state index contributed by atoms with van der Waals surface area (Å²) in [6.45, 7) is 5.67. The second-order valence-corrected chi connectivity index (χ2v) is 11.4. The van der Waals surface area contributed by atoms with Crippen LogP contribution in [0.5, 0.6) is 0 Å². The summed E-state index contributed by atoms with van der Waals surface area (Å²) in [7, 11) is 0. The number of esters is 1. The number of piperazine rings is 1. The molecule has 1 unspecified atom stereocenters. The SMILES string of the molecule is CC(OC(=O)CCNC(=O)C12CC3CC(CC(C3)C1)C2)C(=O)N1CCN(Cc2ccccc2)CC1. The highest BCUT2D eigenvalue weighted by molar-refractivity contribution is 5.85. The van der Waals surface area contributed by atoms with Crippen LogP contribution in [0.2, 0.25) is 0 Å². The molecule has 4 aliphatic carbocycles. The Morgan fingerprint density at radius 3 is 2.17 bits per heavy atom. The first-order valence-corrected chi connectivity index (χ1v) is 13.4. The van der Waals surface area contributed by atoms with Crippen LogP contribution in [0.3, 0.4) is 0 Å². The van der Waals surface area contributed by atoms with Gasteiger partial charge in [0.15, 0.2) is 6.10 Å². The zero-order chi connectivity index (χ0) is 24.4. The number of nitrogens with one attached hydrogen (secondary N) is 1. The number of hydrogen-bond donors (Lipinski definition) is 1. The normalized spacial score (nSPS) is 30.7. The zero-order valence-corrected chi connectivity index (χ0v) is 20.9. The maximum atomic E-state index is 13.0. The second kappa shape index (κ2) is 10.3. The third-order valence-electron chi connectivity index (χ3n) is 8.72. The number of amides is 2. The molecule has 1 aromatic rings.